The van der Waals surface area contributed by atoms with Gasteiger partial charge in [-0.15, -0.1) is 11.8 Å². The Morgan fingerprint density at radius 2 is 2.06 bits per heavy atom. The first-order valence-electron chi connectivity index (χ1n) is 6.88. The lowest BCUT2D eigenvalue weighted by atomic mass is 10.1. The number of aromatic nitrogens is 2. The number of anilines is 1. The molecule has 1 aromatic rings. The largest absolute Gasteiger partial charge is 0.373 e. The lowest BCUT2D eigenvalue weighted by molar-refractivity contribution is 0.622. The fourth-order valence-electron chi connectivity index (χ4n) is 2.28. The molecule has 18 heavy (non-hydrogen) atoms. The molecular weight excluding hydrogens is 242 g/mol. The Hall–Kier alpha value is -0.770. The number of hydrogen-bond donors (Lipinski definition) is 1. The summed E-state index contributed by atoms with van der Waals surface area (Å²) >= 11 is 1.89. The van der Waals surface area contributed by atoms with Crippen molar-refractivity contribution in [1.82, 2.24) is 9.97 Å². The van der Waals surface area contributed by atoms with E-state index in [0.717, 1.165) is 22.6 Å². The minimum Gasteiger partial charge on any atom is -0.373 e. The van der Waals surface area contributed by atoms with Crippen molar-refractivity contribution in [1.29, 1.82) is 0 Å². The quantitative estimate of drug-likeness (QED) is 0.647. The van der Waals surface area contributed by atoms with Gasteiger partial charge < -0.3 is 5.32 Å². The molecule has 0 bridgehead atoms. The van der Waals surface area contributed by atoms with E-state index in [1.165, 1.54) is 31.4 Å². The van der Waals surface area contributed by atoms with E-state index in [9.17, 15) is 0 Å². The molecule has 1 heterocycles. The van der Waals surface area contributed by atoms with Gasteiger partial charge in [0.25, 0.3) is 0 Å². The minimum atomic E-state index is 0.379. The molecule has 1 aliphatic carbocycles. The van der Waals surface area contributed by atoms with E-state index in [1.54, 1.807) is 0 Å². The van der Waals surface area contributed by atoms with E-state index in [-0.39, 0.29) is 0 Å². The number of hydrogen-bond acceptors (Lipinski definition) is 4. The molecule has 0 radical (unpaired) electrons. The van der Waals surface area contributed by atoms with Crippen LogP contribution in [0.5, 0.6) is 0 Å². The van der Waals surface area contributed by atoms with Crippen LogP contribution in [0.4, 0.5) is 5.82 Å². The van der Waals surface area contributed by atoms with Gasteiger partial charge >= 0.3 is 0 Å². The summed E-state index contributed by atoms with van der Waals surface area (Å²) in [5.41, 5.74) is 0. The molecule has 1 fully saturated rings. The third kappa shape index (κ3) is 3.61. The van der Waals surface area contributed by atoms with Crippen molar-refractivity contribution >= 4 is 17.6 Å². The SMILES string of the molecule is CNc1cc(SCC2CCCC2)nc(C(C)C)n1. The van der Waals surface area contributed by atoms with Crippen molar-refractivity contribution in [3.8, 4) is 0 Å². The lowest BCUT2D eigenvalue weighted by Gasteiger charge is -2.11. The lowest BCUT2D eigenvalue weighted by Crippen LogP contribution is -2.04. The maximum Gasteiger partial charge on any atom is 0.134 e. The normalized spacial score (nSPS) is 16.4. The third-order valence-electron chi connectivity index (χ3n) is 3.43. The van der Waals surface area contributed by atoms with Gasteiger partial charge in [0.05, 0.1) is 0 Å². The Bertz CT molecular complexity index is 387. The van der Waals surface area contributed by atoms with Crippen LogP contribution in [0.3, 0.4) is 0 Å². The van der Waals surface area contributed by atoms with Crippen molar-refractivity contribution in [2.75, 3.05) is 18.1 Å². The van der Waals surface area contributed by atoms with Gasteiger partial charge in [-0.05, 0) is 18.8 Å². The van der Waals surface area contributed by atoms with Crippen molar-refractivity contribution in [2.45, 2.75) is 50.5 Å². The Morgan fingerprint density at radius 3 is 2.67 bits per heavy atom. The first kappa shape index (κ1) is 13.7. The Morgan fingerprint density at radius 1 is 1.33 bits per heavy atom. The van der Waals surface area contributed by atoms with Gasteiger partial charge in [-0.2, -0.15) is 0 Å². The van der Waals surface area contributed by atoms with E-state index in [4.69, 9.17) is 0 Å². The summed E-state index contributed by atoms with van der Waals surface area (Å²) in [7, 11) is 1.91. The van der Waals surface area contributed by atoms with Crippen LogP contribution in [-0.2, 0) is 0 Å². The standard InChI is InChI=1S/C14H23N3S/c1-10(2)14-16-12(15-3)8-13(17-14)18-9-11-6-4-5-7-11/h8,10-11H,4-7,9H2,1-3H3,(H,15,16,17). The maximum atomic E-state index is 4.65. The minimum absolute atomic E-state index is 0.379. The number of rotatable bonds is 5. The summed E-state index contributed by atoms with van der Waals surface area (Å²) in [6.07, 6.45) is 5.62. The van der Waals surface area contributed by atoms with Crippen LogP contribution >= 0.6 is 11.8 Å². The van der Waals surface area contributed by atoms with Gasteiger partial charge in [0.15, 0.2) is 0 Å². The van der Waals surface area contributed by atoms with Crippen molar-refractivity contribution in [3.63, 3.8) is 0 Å². The van der Waals surface area contributed by atoms with E-state index in [1.807, 2.05) is 18.8 Å². The van der Waals surface area contributed by atoms with Gasteiger partial charge in [0.2, 0.25) is 0 Å². The molecule has 0 saturated heterocycles. The second kappa shape index (κ2) is 6.41. The summed E-state index contributed by atoms with van der Waals surface area (Å²) in [6.45, 7) is 4.28. The van der Waals surface area contributed by atoms with Gasteiger partial charge in [-0.25, -0.2) is 9.97 Å². The monoisotopic (exact) mass is 265 g/mol. The molecule has 1 N–H and O–H groups in total. The average molecular weight is 265 g/mol. The predicted molar refractivity (Wildman–Crippen MR) is 78.3 cm³/mol. The molecule has 1 aromatic heterocycles. The molecule has 0 unspecified atom stereocenters. The fourth-order valence-corrected chi connectivity index (χ4v) is 3.38. The van der Waals surface area contributed by atoms with Gasteiger partial charge in [0.1, 0.15) is 16.7 Å². The molecular formula is C14H23N3S. The number of thioether (sulfide) groups is 1. The predicted octanol–water partition coefficient (Wildman–Crippen LogP) is 3.92. The van der Waals surface area contributed by atoms with Crippen molar-refractivity contribution in [2.24, 2.45) is 5.92 Å². The van der Waals surface area contributed by atoms with Gasteiger partial charge in [-0.1, -0.05) is 26.7 Å². The van der Waals surface area contributed by atoms with Crippen LogP contribution < -0.4 is 5.32 Å². The molecule has 0 atom stereocenters. The average Bonchev–Trinajstić information content (AvgIpc) is 2.89. The third-order valence-corrected chi connectivity index (χ3v) is 4.58. The van der Waals surface area contributed by atoms with Crippen LogP contribution in [0.15, 0.2) is 11.1 Å². The number of nitrogens with zero attached hydrogens (tertiary/aromatic N) is 2. The highest BCUT2D eigenvalue weighted by Crippen LogP contribution is 2.31. The molecule has 1 aliphatic rings. The van der Waals surface area contributed by atoms with E-state index in [0.29, 0.717) is 5.92 Å². The fraction of sp³-hybridized carbons (Fsp3) is 0.714. The molecule has 100 valence electrons. The first-order chi connectivity index (χ1) is 8.69. The molecule has 0 spiro atoms. The van der Waals surface area contributed by atoms with Gasteiger partial charge in [0, 0.05) is 24.8 Å². The molecule has 0 aliphatic heterocycles. The zero-order valence-electron chi connectivity index (χ0n) is 11.6. The highest BCUT2D eigenvalue weighted by atomic mass is 32.2. The second-order valence-electron chi connectivity index (χ2n) is 5.32. The van der Waals surface area contributed by atoms with Crippen molar-refractivity contribution in [3.05, 3.63) is 11.9 Å². The summed E-state index contributed by atoms with van der Waals surface area (Å²) in [4.78, 5) is 9.15. The smallest absolute Gasteiger partial charge is 0.134 e. The van der Waals surface area contributed by atoms with Gasteiger partial charge in [-0.3, -0.25) is 0 Å². The Labute approximate surface area is 114 Å². The topological polar surface area (TPSA) is 37.8 Å². The highest BCUT2D eigenvalue weighted by Gasteiger charge is 2.16. The van der Waals surface area contributed by atoms with Crippen LogP contribution in [-0.4, -0.2) is 22.8 Å². The van der Waals surface area contributed by atoms with Crippen LogP contribution in [0, 0.1) is 5.92 Å². The van der Waals surface area contributed by atoms with Crippen LogP contribution in [0.25, 0.3) is 0 Å². The van der Waals surface area contributed by atoms with E-state index in [2.05, 4.69) is 35.2 Å². The zero-order valence-corrected chi connectivity index (χ0v) is 12.4. The molecule has 3 nitrogen and oxygen atoms in total. The molecule has 1 saturated carbocycles. The summed E-state index contributed by atoms with van der Waals surface area (Å²) < 4.78 is 0. The zero-order chi connectivity index (χ0) is 13.0. The number of nitrogens with one attached hydrogen (secondary N) is 1. The molecule has 2 rings (SSSR count). The van der Waals surface area contributed by atoms with E-state index >= 15 is 0 Å². The molecule has 4 heteroatoms. The Balaban J connectivity index is 2.03. The summed E-state index contributed by atoms with van der Waals surface area (Å²) in [5.74, 6) is 4.35. The summed E-state index contributed by atoms with van der Waals surface area (Å²) in [6, 6.07) is 2.06. The highest BCUT2D eigenvalue weighted by molar-refractivity contribution is 7.99. The molecule has 0 amide bonds. The van der Waals surface area contributed by atoms with E-state index < -0.39 is 0 Å². The summed E-state index contributed by atoms with van der Waals surface area (Å²) in [5, 5.41) is 4.24. The second-order valence-corrected chi connectivity index (χ2v) is 6.36. The van der Waals surface area contributed by atoms with Crippen LogP contribution in [0.1, 0.15) is 51.3 Å². The van der Waals surface area contributed by atoms with Crippen LogP contribution in [0.2, 0.25) is 0 Å². The maximum absolute atomic E-state index is 4.65. The first-order valence-corrected chi connectivity index (χ1v) is 7.87. The molecule has 0 aromatic carbocycles. The Kier molecular flexibility index (Phi) is 4.87. The van der Waals surface area contributed by atoms with Crippen molar-refractivity contribution < 1.29 is 0 Å².